The number of anilines is 1. The van der Waals surface area contributed by atoms with Gasteiger partial charge in [0.05, 0.1) is 12.8 Å². The average molecular weight is 359 g/mol. The van der Waals surface area contributed by atoms with Gasteiger partial charge >= 0.3 is 12.0 Å². The van der Waals surface area contributed by atoms with Gasteiger partial charge in [-0.1, -0.05) is 15.9 Å². The quantitative estimate of drug-likeness (QED) is 0.846. The van der Waals surface area contributed by atoms with Crippen molar-refractivity contribution in [2.24, 2.45) is 0 Å². The summed E-state index contributed by atoms with van der Waals surface area (Å²) < 4.78 is 5.95. The number of benzene rings is 1. The highest BCUT2D eigenvalue weighted by Gasteiger charge is 2.37. The minimum Gasteiger partial charge on any atom is -0.495 e. The molecule has 0 aliphatic rings. The van der Waals surface area contributed by atoms with Crippen LogP contribution in [0.4, 0.5) is 10.5 Å². The van der Waals surface area contributed by atoms with Gasteiger partial charge in [0, 0.05) is 11.0 Å². The van der Waals surface area contributed by atoms with Crippen molar-refractivity contribution in [3.63, 3.8) is 0 Å². The maximum atomic E-state index is 12.4. The Kier molecular flexibility index (Phi) is 5.60. The van der Waals surface area contributed by atoms with E-state index in [1.807, 2.05) is 0 Å². The molecule has 0 radical (unpaired) electrons. The number of carboxylic acid groups (broad SMARTS) is 1. The van der Waals surface area contributed by atoms with E-state index in [0.717, 1.165) is 4.47 Å². The Morgan fingerprint density at radius 1 is 1.43 bits per heavy atom. The van der Waals surface area contributed by atoms with E-state index in [-0.39, 0.29) is 6.54 Å². The Morgan fingerprint density at radius 2 is 2.05 bits per heavy atom. The number of carbonyl (C=O) groups excluding carboxylic acids is 1. The molecule has 21 heavy (non-hydrogen) atoms. The number of carbonyl (C=O) groups is 2. The molecule has 0 saturated carbocycles. The summed E-state index contributed by atoms with van der Waals surface area (Å²) in [7, 11) is 1.50. The number of carboxylic acids is 1. The first-order valence-corrected chi connectivity index (χ1v) is 7.18. The van der Waals surface area contributed by atoms with E-state index in [9.17, 15) is 14.7 Å². The summed E-state index contributed by atoms with van der Waals surface area (Å²) in [5.41, 5.74) is -0.838. The van der Waals surface area contributed by atoms with Crippen LogP contribution in [0.5, 0.6) is 5.75 Å². The summed E-state index contributed by atoms with van der Waals surface area (Å²) in [4.78, 5) is 24.9. The Morgan fingerprint density at radius 3 is 2.52 bits per heavy atom. The summed E-state index contributed by atoms with van der Waals surface area (Å²) in [6.45, 7) is 4.96. The molecule has 0 heterocycles. The van der Waals surface area contributed by atoms with Gasteiger partial charge in [0.15, 0.2) is 0 Å². The van der Waals surface area contributed by atoms with Crippen LogP contribution in [0.25, 0.3) is 0 Å². The highest BCUT2D eigenvalue weighted by molar-refractivity contribution is 9.10. The minimum absolute atomic E-state index is 0.265. The lowest BCUT2D eigenvalue weighted by Crippen LogP contribution is -2.54. The van der Waals surface area contributed by atoms with Crippen LogP contribution in [0, 0.1) is 0 Å². The van der Waals surface area contributed by atoms with Crippen LogP contribution in [0.15, 0.2) is 22.7 Å². The second-order valence-electron chi connectivity index (χ2n) is 4.88. The minimum atomic E-state index is -1.31. The number of rotatable bonds is 5. The molecule has 7 heteroatoms. The molecular formula is C14H19BrN2O4. The lowest BCUT2D eigenvalue weighted by Gasteiger charge is -2.34. The largest absolute Gasteiger partial charge is 0.495 e. The number of ether oxygens (including phenoxy) is 1. The summed E-state index contributed by atoms with van der Waals surface area (Å²) in [5, 5.41) is 11.9. The van der Waals surface area contributed by atoms with Crippen molar-refractivity contribution in [1.82, 2.24) is 4.90 Å². The fraction of sp³-hybridized carbons (Fsp3) is 0.429. The Hall–Kier alpha value is -1.76. The lowest BCUT2D eigenvalue weighted by molar-refractivity contribution is -0.147. The average Bonchev–Trinajstić information content (AvgIpc) is 2.39. The zero-order valence-electron chi connectivity index (χ0n) is 12.4. The number of hydrogen-bond donors (Lipinski definition) is 2. The number of nitrogens with zero attached hydrogens (tertiary/aromatic N) is 1. The maximum Gasteiger partial charge on any atom is 0.329 e. The van der Waals surface area contributed by atoms with Gasteiger partial charge in [0.2, 0.25) is 0 Å². The van der Waals surface area contributed by atoms with Crippen LogP contribution in [0.2, 0.25) is 0 Å². The molecule has 0 unspecified atom stereocenters. The molecule has 2 N–H and O–H groups in total. The van der Waals surface area contributed by atoms with Gasteiger partial charge in [-0.05, 0) is 39.0 Å². The van der Waals surface area contributed by atoms with E-state index >= 15 is 0 Å². The summed E-state index contributed by atoms with van der Waals surface area (Å²) in [6, 6.07) is 4.69. The SMILES string of the molecule is CCN(C(=O)Nc1cc(Br)ccc1OC)C(C)(C)C(=O)O. The predicted octanol–water partition coefficient (Wildman–Crippen LogP) is 3.17. The third-order valence-electron chi connectivity index (χ3n) is 3.16. The fourth-order valence-corrected chi connectivity index (χ4v) is 2.23. The zero-order chi connectivity index (χ0) is 16.2. The maximum absolute atomic E-state index is 12.4. The topological polar surface area (TPSA) is 78.9 Å². The van der Waals surface area contributed by atoms with Crippen molar-refractivity contribution in [2.45, 2.75) is 26.3 Å². The van der Waals surface area contributed by atoms with E-state index < -0.39 is 17.5 Å². The smallest absolute Gasteiger partial charge is 0.329 e. The van der Waals surface area contributed by atoms with E-state index in [4.69, 9.17) is 4.74 Å². The third-order valence-corrected chi connectivity index (χ3v) is 3.66. The van der Waals surface area contributed by atoms with Crippen molar-refractivity contribution >= 4 is 33.6 Å². The second kappa shape index (κ2) is 6.80. The summed E-state index contributed by atoms with van der Waals surface area (Å²) in [5.74, 6) is -0.573. The number of nitrogens with one attached hydrogen (secondary N) is 1. The van der Waals surface area contributed by atoms with E-state index in [2.05, 4.69) is 21.2 Å². The molecule has 1 aromatic carbocycles. The van der Waals surface area contributed by atoms with Crippen molar-refractivity contribution in [3.05, 3.63) is 22.7 Å². The predicted molar refractivity (Wildman–Crippen MR) is 83.8 cm³/mol. The fourth-order valence-electron chi connectivity index (χ4n) is 1.87. The molecule has 116 valence electrons. The molecule has 0 atom stereocenters. The van der Waals surface area contributed by atoms with Crippen LogP contribution in [-0.2, 0) is 4.79 Å². The summed E-state index contributed by atoms with van der Waals surface area (Å²) in [6.07, 6.45) is 0. The molecule has 0 fully saturated rings. The van der Waals surface area contributed by atoms with E-state index in [1.165, 1.54) is 25.9 Å². The van der Waals surface area contributed by atoms with Gasteiger partial charge in [-0.15, -0.1) is 0 Å². The molecule has 1 rings (SSSR count). The number of amides is 2. The standard InChI is InChI=1S/C14H19BrN2O4/c1-5-17(14(2,3)12(18)19)13(20)16-10-8-9(15)6-7-11(10)21-4/h6-8H,5H2,1-4H3,(H,16,20)(H,18,19). The molecule has 0 aliphatic heterocycles. The van der Waals surface area contributed by atoms with Gasteiger partial charge in [-0.25, -0.2) is 9.59 Å². The number of halogens is 1. The van der Waals surface area contributed by atoms with Crippen LogP contribution >= 0.6 is 15.9 Å². The first-order chi connectivity index (χ1) is 9.73. The Bertz CT molecular complexity index is 546. The van der Waals surface area contributed by atoms with Crippen LogP contribution in [-0.4, -0.2) is 41.2 Å². The first kappa shape index (κ1) is 17.3. The highest BCUT2D eigenvalue weighted by Crippen LogP contribution is 2.28. The lowest BCUT2D eigenvalue weighted by atomic mass is 10.0. The Labute approximate surface area is 132 Å². The molecule has 0 saturated heterocycles. The number of methoxy groups -OCH3 is 1. The van der Waals surface area contributed by atoms with Crippen LogP contribution in [0.3, 0.4) is 0 Å². The monoisotopic (exact) mass is 358 g/mol. The van der Waals surface area contributed by atoms with Crippen LogP contribution < -0.4 is 10.1 Å². The molecule has 0 bridgehead atoms. The molecule has 2 amide bonds. The Balaban J connectivity index is 3.04. The van der Waals surface area contributed by atoms with Gasteiger partial charge < -0.3 is 20.1 Å². The van der Waals surface area contributed by atoms with Crippen molar-refractivity contribution in [2.75, 3.05) is 19.0 Å². The van der Waals surface area contributed by atoms with Crippen molar-refractivity contribution in [3.8, 4) is 5.75 Å². The van der Waals surface area contributed by atoms with Gasteiger partial charge in [-0.3, -0.25) is 0 Å². The third kappa shape index (κ3) is 3.87. The number of urea groups is 1. The normalized spacial score (nSPS) is 10.9. The first-order valence-electron chi connectivity index (χ1n) is 6.39. The van der Waals surface area contributed by atoms with Crippen LogP contribution in [0.1, 0.15) is 20.8 Å². The van der Waals surface area contributed by atoms with Gasteiger partial charge in [-0.2, -0.15) is 0 Å². The van der Waals surface area contributed by atoms with Gasteiger partial charge in [0.25, 0.3) is 0 Å². The number of hydrogen-bond acceptors (Lipinski definition) is 3. The summed E-state index contributed by atoms with van der Waals surface area (Å²) >= 11 is 3.32. The van der Waals surface area contributed by atoms with Crippen molar-refractivity contribution in [1.29, 1.82) is 0 Å². The molecule has 1 aromatic rings. The molecule has 0 spiro atoms. The van der Waals surface area contributed by atoms with E-state index in [0.29, 0.717) is 11.4 Å². The molecule has 0 aromatic heterocycles. The van der Waals surface area contributed by atoms with Crippen molar-refractivity contribution < 1.29 is 19.4 Å². The highest BCUT2D eigenvalue weighted by atomic mass is 79.9. The number of aliphatic carboxylic acids is 1. The second-order valence-corrected chi connectivity index (χ2v) is 5.80. The zero-order valence-corrected chi connectivity index (χ0v) is 14.0. The van der Waals surface area contributed by atoms with Gasteiger partial charge in [0.1, 0.15) is 11.3 Å². The molecular weight excluding hydrogens is 340 g/mol. The van der Waals surface area contributed by atoms with E-state index in [1.54, 1.807) is 25.1 Å². The number of likely N-dealkylation sites (N-methyl/N-ethyl adjacent to an activating group) is 1. The molecule has 0 aliphatic carbocycles. The molecule has 6 nitrogen and oxygen atoms in total.